The molecule has 0 saturated heterocycles. The van der Waals surface area contributed by atoms with Crippen molar-refractivity contribution in [2.75, 3.05) is 7.11 Å². The van der Waals surface area contributed by atoms with Gasteiger partial charge in [0.2, 0.25) is 0 Å². The number of ether oxygens (including phenoxy) is 1. The third kappa shape index (κ3) is 2.64. The Morgan fingerprint density at radius 3 is 1.44 bits per heavy atom. The van der Waals surface area contributed by atoms with Crippen LogP contribution in [0.4, 0.5) is 0 Å². The van der Waals surface area contributed by atoms with E-state index in [2.05, 4.69) is 0 Å². The summed E-state index contributed by atoms with van der Waals surface area (Å²) in [5.41, 5.74) is 4.13. The fraction of sp³-hybridized carbons (Fsp3) is 0.185. The second kappa shape index (κ2) is 7.38. The number of benzene rings is 3. The molecule has 0 unspecified atom stereocenters. The molecule has 34 heavy (non-hydrogen) atoms. The van der Waals surface area contributed by atoms with Gasteiger partial charge < -0.3 is 9.57 Å². The average Bonchev–Trinajstić information content (AvgIpc) is 3.12. The van der Waals surface area contributed by atoms with Gasteiger partial charge in [0.1, 0.15) is 0 Å². The summed E-state index contributed by atoms with van der Waals surface area (Å²) >= 11 is 0. The fourth-order valence-corrected chi connectivity index (χ4v) is 5.78. The molecule has 1 aliphatic heterocycles. The zero-order valence-electron chi connectivity index (χ0n) is 18.1. The number of nitrogens with zero attached hydrogens (tertiary/aromatic N) is 1. The maximum Gasteiger partial charge on any atom is 0.338 e. The first-order chi connectivity index (χ1) is 16.5. The summed E-state index contributed by atoms with van der Waals surface area (Å²) in [5, 5.41) is 0.501. The highest BCUT2D eigenvalue weighted by Gasteiger charge is 2.57. The maximum absolute atomic E-state index is 13.7. The highest BCUT2D eigenvalue weighted by molar-refractivity contribution is 6.21. The number of esters is 1. The van der Waals surface area contributed by atoms with E-state index in [0.29, 0.717) is 5.06 Å². The van der Waals surface area contributed by atoms with Crippen molar-refractivity contribution in [2.45, 2.75) is 11.8 Å². The van der Waals surface area contributed by atoms with Gasteiger partial charge in [0.05, 0.1) is 30.1 Å². The molecule has 0 aromatic heterocycles. The third-order valence-electron chi connectivity index (χ3n) is 7.12. The van der Waals surface area contributed by atoms with E-state index in [1.165, 1.54) is 19.2 Å². The molecule has 3 aliphatic carbocycles. The Kier molecular flexibility index (Phi) is 4.42. The summed E-state index contributed by atoms with van der Waals surface area (Å²) in [6.45, 7) is 0. The van der Waals surface area contributed by atoms with Crippen molar-refractivity contribution in [3.05, 3.63) is 106 Å². The summed E-state index contributed by atoms with van der Waals surface area (Å²) in [5.74, 6) is -5.48. The predicted octanol–water partition coefficient (Wildman–Crippen LogP) is 3.44. The van der Waals surface area contributed by atoms with Gasteiger partial charge in [0.25, 0.3) is 11.8 Å². The van der Waals surface area contributed by atoms with Crippen molar-refractivity contribution in [1.29, 1.82) is 0 Å². The van der Waals surface area contributed by atoms with Gasteiger partial charge in [0, 0.05) is 11.8 Å². The molecule has 3 aromatic rings. The molecule has 2 bridgehead atoms. The molecule has 0 radical (unpaired) electrons. The third-order valence-corrected chi connectivity index (χ3v) is 7.12. The second-order valence-corrected chi connectivity index (χ2v) is 8.65. The lowest BCUT2D eigenvalue weighted by molar-refractivity contribution is -0.180. The van der Waals surface area contributed by atoms with Crippen LogP contribution in [0.15, 0.2) is 72.8 Å². The van der Waals surface area contributed by atoms with E-state index >= 15 is 0 Å². The van der Waals surface area contributed by atoms with Gasteiger partial charge in [0.15, 0.2) is 0 Å². The number of carbonyl (C=O) groups excluding carboxylic acids is 4. The number of hydrogen-bond acceptors (Lipinski definition) is 6. The summed E-state index contributed by atoms with van der Waals surface area (Å²) in [6, 6.07) is 21.7. The van der Waals surface area contributed by atoms with Crippen LogP contribution in [-0.4, -0.2) is 35.9 Å². The molecular weight excluding hydrogens is 434 g/mol. The van der Waals surface area contributed by atoms with Gasteiger partial charge in [-0.05, 0) is 34.4 Å². The van der Waals surface area contributed by atoms with Crippen molar-refractivity contribution in [2.24, 2.45) is 11.8 Å². The summed E-state index contributed by atoms with van der Waals surface area (Å²) in [7, 11) is 1.29. The van der Waals surface area contributed by atoms with Crippen LogP contribution in [0.5, 0.6) is 0 Å². The van der Waals surface area contributed by atoms with Crippen LogP contribution in [0.1, 0.15) is 54.8 Å². The lowest BCUT2D eigenvalue weighted by Crippen LogP contribution is -2.49. The molecule has 2 atom stereocenters. The van der Waals surface area contributed by atoms with E-state index in [9.17, 15) is 19.2 Å². The number of carbonyl (C=O) groups is 4. The minimum absolute atomic E-state index is 0.172. The molecule has 0 fully saturated rings. The zero-order chi connectivity index (χ0) is 23.6. The predicted molar refractivity (Wildman–Crippen MR) is 119 cm³/mol. The molecular formula is C27H19NO6. The topological polar surface area (TPSA) is 90.0 Å². The van der Waals surface area contributed by atoms with E-state index < -0.39 is 47.4 Å². The number of imide groups is 1. The first-order valence-corrected chi connectivity index (χ1v) is 11.0. The van der Waals surface area contributed by atoms with E-state index in [0.717, 1.165) is 22.3 Å². The minimum Gasteiger partial charge on any atom is -0.469 e. The largest absolute Gasteiger partial charge is 0.469 e. The molecule has 2 amide bonds. The Hall–Kier alpha value is -4.26. The highest BCUT2D eigenvalue weighted by atomic mass is 16.7. The lowest BCUT2D eigenvalue weighted by atomic mass is 9.54. The smallest absolute Gasteiger partial charge is 0.338 e. The molecule has 0 N–H and O–H groups in total. The zero-order valence-corrected chi connectivity index (χ0v) is 18.1. The molecule has 0 spiro atoms. The van der Waals surface area contributed by atoms with Crippen LogP contribution >= 0.6 is 0 Å². The van der Waals surface area contributed by atoms with Crippen LogP contribution in [0.3, 0.4) is 0 Å². The molecule has 1 heterocycles. The summed E-state index contributed by atoms with van der Waals surface area (Å²) < 4.78 is 5.12. The van der Waals surface area contributed by atoms with Gasteiger partial charge in [-0.15, -0.1) is 0 Å². The molecule has 7 nitrogen and oxygen atoms in total. The molecule has 4 aliphatic rings. The maximum atomic E-state index is 13.7. The Morgan fingerprint density at radius 2 is 1.03 bits per heavy atom. The second-order valence-electron chi connectivity index (χ2n) is 8.65. The first kappa shape index (κ1) is 20.4. The number of hydroxylamine groups is 2. The minimum atomic E-state index is -0.966. The average molecular weight is 453 g/mol. The molecule has 3 aromatic carbocycles. The van der Waals surface area contributed by atoms with E-state index in [-0.39, 0.29) is 11.1 Å². The highest BCUT2D eigenvalue weighted by Crippen LogP contribution is 2.58. The van der Waals surface area contributed by atoms with E-state index in [1.807, 2.05) is 48.5 Å². The van der Waals surface area contributed by atoms with Crippen LogP contribution in [0, 0.1) is 11.8 Å². The standard InChI is InChI=1S/C27H19NO6/c1-33-26(31)22-20-14-8-2-4-10-16(14)21(17-11-5-3-9-15(17)20)23(22)27(32)34-28-24(29)18-12-6-7-13-19(18)25(28)30/h2-13,20-23H,1H3/t20?,21?,22-,23-/m1/s1. The van der Waals surface area contributed by atoms with Crippen molar-refractivity contribution in [3.63, 3.8) is 0 Å². The number of rotatable bonds is 3. The summed E-state index contributed by atoms with van der Waals surface area (Å²) in [6.07, 6.45) is 0. The van der Waals surface area contributed by atoms with Crippen molar-refractivity contribution < 1.29 is 28.8 Å². The number of methoxy groups -OCH3 is 1. The van der Waals surface area contributed by atoms with Crippen molar-refractivity contribution in [1.82, 2.24) is 5.06 Å². The molecule has 0 saturated carbocycles. The number of hydrogen-bond donors (Lipinski definition) is 0. The van der Waals surface area contributed by atoms with Gasteiger partial charge in [-0.1, -0.05) is 65.7 Å². The SMILES string of the molecule is COC(=O)[C@@H]1C2c3ccccc3C(c3ccccc32)[C@H]1C(=O)ON1C(=O)c2ccccc2C1=O. The van der Waals surface area contributed by atoms with Crippen molar-refractivity contribution >= 4 is 23.8 Å². The first-order valence-electron chi connectivity index (χ1n) is 11.0. The fourth-order valence-electron chi connectivity index (χ4n) is 5.78. The lowest BCUT2D eigenvalue weighted by Gasteiger charge is -2.48. The van der Waals surface area contributed by atoms with Gasteiger partial charge in [-0.25, -0.2) is 4.79 Å². The Morgan fingerprint density at radius 1 is 0.647 bits per heavy atom. The molecule has 168 valence electrons. The van der Waals surface area contributed by atoms with Crippen LogP contribution < -0.4 is 0 Å². The molecule has 7 rings (SSSR count). The van der Waals surface area contributed by atoms with Gasteiger partial charge in [-0.2, -0.15) is 0 Å². The summed E-state index contributed by atoms with van der Waals surface area (Å²) in [4.78, 5) is 57.8. The Balaban J connectivity index is 1.45. The normalized spacial score (nSPS) is 23.7. The van der Waals surface area contributed by atoms with E-state index in [1.54, 1.807) is 12.1 Å². The monoisotopic (exact) mass is 453 g/mol. The van der Waals surface area contributed by atoms with E-state index in [4.69, 9.17) is 9.57 Å². The number of fused-ring (bicyclic) bond motifs is 2. The molecule has 7 heteroatoms. The van der Waals surface area contributed by atoms with Crippen LogP contribution in [0.25, 0.3) is 0 Å². The Labute approximate surface area is 194 Å². The van der Waals surface area contributed by atoms with Crippen LogP contribution in [0.2, 0.25) is 0 Å². The van der Waals surface area contributed by atoms with Crippen LogP contribution in [-0.2, 0) is 19.2 Å². The van der Waals surface area contributed by atoms with Gasteiger partial charge in [-0.3, -0.25) is 14.4 Å². The number of amides is 2. The van der Waals surface area contributed by atoms with Gasteiger partial charge >= 0.3 is 11.9 Å². The quantitative estimate of drug-likeness (QED) is 0.446. The van der Waals surface area contributed by atoms with Crippen molar-refractivity contribution in [3.8, 4) is 0 Å². The Bertz CT molecular complexity index is 1310.